The van der Waals surface area contributed by atoms with Crippen LogP contribution < -0.4 is 10.6 Å². The van der Waals surface area contributed by atoms with Crippen molar-refractivity contribution in [2.24, 2.45) is 0 Å². The fraction of sp³-hybridized carbons (Fsp3) is 0.353. The summed E-state index contributed by atoms with van der Waals surface area (Å²) in [6.07, 6.45) is 7.87. The molecule has 1 aliphatic heterocycles. The van der Waals surface area contributed by atoms with E-state index in [1.165, 1.54) is 30.0 Å². The summed E-state index contributed by atoms with van der Waals surface area (Å²) in [6, 6.07) is 8.43. The Kier molecular flexibility index (Phi) is 3.59. The molecule has 3 heteroatoms. The molecule has 2 heterocycles. The number of rotatable bonds is 2. The van der Waals surface area contributed by atoms with Gasteiger partial charge in [0.05, 0.1) is 0 Å². The third-order valence-corrected chi connectivity index (χ3v) is 3.95. The lowest BCUT2D eigenvalue weighted by Gasteiger charge is -2.29. The number of benzene rings is 1. The molecule has 1 aliphatic rings. The molecule has 3 rings (SSSR count). The smallest absolute Gasteiger partial charge is 0.138 e. The van der Waals surface area contributed by atoms with E-state index in [4.69, 9.17) is 10.7 Å². The molecule has 0 radical (unpaired) electrons. The van der Waals surface area contributed by atoms with Gasteiger partial charge in [0.2, 0.25) is 0 Å². The summed E-state index contributed by atoms with van der Waals surface area (Å²) >= 11 is 0. The monoisotopic (exact) mass is 267 g/mol. The van der Waals surface area contributed by atoms with E-state index < -0.39 is 0 Å². The number of pyridine rings is 1. The van der Waals surface area contributed by atoms with Gasteiger partial charge < -0.3 is 10.6 Å². The number of nitrogens with zero attached hydrogens (tertiary/aromatic N) is 2. The van der Waals surface area contributed by atoms with Crippen molar-refractivity contribution in [1.82, 2.24) is 4.98 Å². The summed E-state index contributed by atoms with van der Waals surface area (Å²) < 4.78 is 0. The minimum Gasteiger partial charge on any atom is -0.383 e. The van der Waals surface area contributed by atoms with E-state index in [9.17, 15) is 0 Å². The van der Waals surface area contributed by atoms with Crippen LogP contribution in [-0.2, 0) is 0 Å². The Balaban J connectivity index is 2.20. The maximum Gasteiger partial charge on any atom is 0.138 e. The average molecular weight is 267 g/mol. The molecule has 0 spiro atoms. The second-order valence-corrected chi connectivity index (χ2v) is 5.33. The molecular weight excluding hydrogens is 246 g/mol. The maximum absolute atomic E-state index is 6.19. The molecule has 2 aromatic rings. The van der Waals surface area contributed by atoms with Crippen LogP contribution in [0, 0.1) is 0 Å². The highest BCUT2D eigenvalue weighted by molar-refractivity contribution is 6.00. The summed E-state index contributed by atoms with van der Waals surface area (Å²) in [6.45, 7) is 4.17. The minimum absolute atomic E-state index is 0.627. The van der Waals surface area contributed by atoms with Crippen molar-refractivity contribution in [1.29, 1.82) is 0 Å². The van der Waals surface area contributed by atoms with Crippen LogP contribution in [0.5, 0.6) is 0 Å². The lowest BCUT2D eigenvalue weighted by Crippen LogP contribution is -2.30. The van der Waals surface area contributed by atoms with Crippen LogP contribution in [0.1, 0.15) is 31.7 Å². The van der Waals surface area contributed by atoms with Crippen LogP contribution in [0.15, 0.2) is 30.3 Å². The first-order valence-corrected chi connectivity index (χ1v) is 7.37. The van der Waals surface area contributed by atoms with Gasteiger partial charge >= 0.3 is 0 Å². The molecule has 1 fully saturated rings. The van der Waals surface area contributed by atoms with Crippen molar-refractivity contribution in [3.63, 3.8) is 0 Å². The molecular formula is C17H21N3. The van der Waals surface area contributed by atoms with E-state index in [2.05, 4.69) is 29.2 Å². The number of anilines is 2. The number of fused-ring (bicyclic) bond motifs is 1. The first-order valence-electron chi connectivity index (χ1n) is 7.37. The van der Waals surface area contributed by atoms with Crippen molar-refractivity contribution in [3.8, 4) is 0 Å². The molecule has 0 atom stereocenters. The number of nitrogens with two attached hydrogens (primary N) is 1. The van der Waals surface area contributed by atoms with E-state index in [0.717, 1.165) is 24.5 Å². The SMILES string of the molecule is C/C=C/c1c(N)nc(N2CCCCC2)c2ccccc12. The lowest BCUT2D eigenvalue weighted by atomic mass is 10.0. The molecule has 20 heavy (non-hydrogen) atoms. The Morgan fingerprint density at radius 1 is 1.10 bits per heavy atom. The Morgan fingerprint density at radius 3 is 2.50 bits per heavy atom. The van der Waals surface area contributed by atoms with Gasteiger partial charge in [-0.25, -0.2) is 4.98 Å². The van der Waals surface area contributed by atoms with E-state index in [-0.39, 0.29) is 0 Å². The molecule has 104 valence electrons. The van der Waals surface area contributed by atoms with E-state index >= 15 is 0 Å². The third-order valence-electron chi connectivity index (χ3n) is 3.95. The predicted molar refractivity (Wildman–Crippen MR) is 86.9 cm³/mol. The average Bonchev–Trinajstić information content (AvgIpc) is 2.51. The summed E-state index contributed by atoms with van der Waals surface area (Å²) in [5.74, 6) is 1.67. The summed E-state index contributed by atoms with van der Waals surface area (Å²) in [5.41, 5.74) is 7.22. The van der Waals surface area contributed by atoms with Gasteiger partial charge in [0.25, 0.3) is 0 Å². The second-order valence-electron chi connectivity index (χ2n) is 5.33. The largest absolute Gasteiger partial charge is 0.383 e. The fourth-order valence-electron chi connectivity index (χ4n) is 2.97. The molecule has 0 amide bonds. The van der Waals surface area contributed by atoms with Gasteiger partial charge in [-0.1, -0.05) is 36.4 Å². The molecule has 3 nitrogen and oxygen atoms in total. The molecule has 1 aromatic heterocycles. The van der Waals surface area contributed by atoms with Crippen molar-refractivity contribution >= 4 is 28.5 Å². The van der Waals surface area contributed by atoms with Gasteiger partial charge in [-0.15, -0.1) is 0 Å². The number of hydrogen-bond donors (Lipinski definition) is 1. The third kappa shape index (κ3) is 2.24. The first kappa shape index (κ1) is 13.0. The molecule has 2 N–H and O–H groups in total. The maximum atomic E-state index is 6.19. The molecule has 0 saturated carbocycles. The number of piperidine rings is 1. The quantitative estimate of drug-likeness (QED) is 0.899. The van der Waals surface area contributed by atoms with E-state index in [1.807, 2.05) is 19.1 Å². The van der Waals surface area contributed by atoms with Gasteiger partial charge in [0.15, 0.2) is 0 Å². The standard InChI is InChI=1S/C17H21N3/c1-2-8-14-13-9-4-5-10-15(13)17(19-16(14)18)20-11-6-3-7-12-20/h2,4-5,8-10H,3,6-7,11-12H2,1H3,(H2,18,19)/b8-2+. The van der Waals surface area contributed by atoms with Crippen molar-refractivity contribution in [2.75, 3.05) is 23.7 Å². The molecule has 1 saturated heterocycles. The Labute approximate surface area is 120 Å². The lowest BCUT2D eigenvalue weighted by molar-refractivity contribution is 0.575. The number of nitrogen functional groups attached to an aromatic ring is 1. The molecule has 1 aromatic carbocycles. The predicted octanol–water partition coefficient (Wildman–Crippen LogP) is 3.84. The van der Waals surface area contributed by atoms with Crippen LogP contribution >= 0.6 is 0 Å². The zero-order valence-electron chi connectivity index (χ0n) is 12.0. The molecule has 0 aliphatic carbocycles. The summed E-state index contributed by atoms with van der Waals surface area (Å²) in [5, 5.41) is 2.40. The van der Waals surface area contributed by atoms with Gasteiger partial charge in [-0.05, 0) is 31.6 Å². The van der Waals surface area contributed by atoms with Crippen LogP contribution in [0.25, 0.3) is 16.8 Å². The molecule has 0 unspecified atom stereocenters. The van der Waals surface area contributed by atoms with Crippen LogP contribution in [0.3, 0.4) is 0 Å². The van der Waals surface area contributed by atoms with Crippen LogP contribution in [0.2, 0.25) is 0 Å². The summed E-state index contributed by atoms with van der Waals surface area (Å²) in [7, 11) is 0. The minimum atomic E-state index is 0.627. The fourth-order valence-corrected chi connectivity index (χ4v) is 2.97. The van der Waals surface area contributed by atoms with Gasteiger partial charge in [0.1, 0.15) is 11.6 Å². The highest BCUT2D eigenvalue weighted by Crippen LogP contribution is 2.32. The van der Waals surface area contributed by atoms with Crippen LogP contribution in [-0.4, -0.2) is 18.1 Å². The van der Waals surface area contributed by atoms with Crippen molar-refractivity contribution in [3.05, 3.63) is 35.9 Å². The normalized spacial score (nSPS) is 16.1. The number of allylic oxidation sites excluding steroid dienone is 1. The highest BCUT2D eigenvalue weighted by Gasteiger charge is 2.17. The van der Waals surface area contributed by atoms with Crippen molar-refractivity contribution in [2.45, 2.75) is 26.2 Å². The second kappa shape index (κ2) is 5.53. The Morgan fingerprint density at radius 2 is 1.80 bits per heavy atom. The first-order chi connectivity index (χ1) is 9.81. The van der Waals surface area contributed by atoms with Gasteiger partial charge in [-0.3, -0.25) is 0 Å². The van der Waals surface area contributed by atoms with Crippen molar-refractivity contribution < 1.29 is 0 Å². The Hall–Kier alpha value is -2.03. The molecule has 0 bridgehead atoms. The van der Waals surface area contributed by atoms with Crippen LogP contribution in [0.4, 0.5) is 11.6 Å². The topological polar surface area (TPSA) is 42.1 Å². The zero-order valence-corrected chi connectivity index (χ0v) is 12.0. The highest BCUT2D eigenvalue weighted by atomic mass is 15.2. The number of hydrogen-bond acceptors (Lipinski definition) is 3. The summed E-state index contributed by atoms with van der Waals surface area (Å²) in [4.78, 5) is 7.07. The van der Waals surface area contributed by atoms with Gasteiger partial charge in [0, 0.05) is 24.0 Å². The van der Waals surface area contributed by atoms with E-state index in [0.29, 0.717) is 5.82 Å². The van der Waals surface area contributed by atoms with Gasteiger partial charge in [-0.2, -0.15) is 0 Å². The number of aromatic nitrogens is 1. The Bertz CT molecular complexity index is 640. The van der Waals surface area contributed by atoms with E-state index in [1.54, 1.807) is 0 Å². The zero-order chi connectivity index (χ0) is 13.9.